The molecule has 90 valence electrons. The monoisotopic (exact) mass is 232 g/mol. The van der Waals surface area contributed by atoms with Crippen molar-refractivity contribution >= 4 is 17.2 Å². The fraction of sp³-hybridized carbons (Fsp3) is 0.909. The standard InChI is InChI=1S/C11H24N2OS/c1-9(8-10(12)15)13(5)6-7-14-11(2,3)4/h9H,6-8H2,1-5H3,(H2,12,15). The highest BCUT2D eigenvalue weighted by atomic mass is 32.1. The summed E-state index contributed by atoms with van der Waals surface area (Å²) in [5.74, 6) is 0. The molecule has 0 aliphatic rings. The smallest absolute Gasteiger partial charge is 0.0742 e. The molecule has 4 heteroatoms. The Morgan fingerprint density at radius 1 is 1.47 bits per heavy atom. The summed E-state index contributed by atoms with van der Waals surface area (Å²) in [4.78, 5) is 2.79. The molecule has 0 radical (unpaired) electrons. The molecule has 0 fully saturated rings. The Labute approximate surface area is 99.0 Å². The lowest BCUT2D eigenvalue weighted by Gasteiger charge is -2.26. The first-order valence-corrected chi connectivity index (χ1v) is 5.75. The van der Waals surface area contributed by atoms with E-state index in [-0.39, 0.29) is 5.60 Å². The van der Waals surface area contributed by atoms with Gasteiger partial charge in [0.2, 0.25) is 0 Å². The molecule has 0 saturated carbocycles. The third-order valence-corrected chi connectivity index (χ3v) is 2.39. The van der Waals surface area contributed by atoms with Gasteiger partial charge in [-0.3, -0.25) is 0 Å². The molecule has 0 amide bonds. The first-order valence-electron chi connectivity index (χ1n) is 5.35. The highest BCUT2D eigenvalue weighted by Gasteiger charge is 2.13. The second-order valence-electron chi connectivity index (χ2n) is 4.96. The Bertz CT molecular complexity index is 201. The van der Waals surface area contributed by atoms with Crippen molar-refractivity contribution in [2.75, 3.05) is 20.2 Å². The molecule has 0 spiro atoms. The van der Waals surface area contributed by atoms with Gasteiger partial charge in [0, 0.05) is 19.0 Å². The lowest BCUT2D eigenvalue weighted by Crippen LogP contribution is -2.36. The molecule has 0 saturated heterocycles. The number of hydrogen-bond acceptors (Lipinski definition) is 3. The molecule has 0 aliphatic heterocycles. The van der Waals surface area contributed by atoms with Gasteiger partial charge in [-0.2, -0.15) is 0 Å². The van der Waals surface area contributed by atoms with Crippen molar-refractivity contribution < 1.29 is 4.74 Å². The van der Waals surface area contributed by atoms with E-state index in [4.69, 9.17) is 22.7 Å². The maximum absolute atomic E-state index is 5.65. The molecule has 0 bridgehead atoms. The minimum atomic E-state index is -0.0623. The van der Waals surface area contributed by atoms with Gasteiger partial charge < -0.3 is 15.4 Å². The van der Waals surface area contributed by atoms with Gasteiger partial charge in [0.05, 0.1) is 17.2 Å². The van der Waals surface area contributed by atoms with E-state index < -0.39 is 0 Å². The highest BCUT2D eigenvalue weighted by Crippen LogP contribution is 2.07. The number of thiocarbonyl (C=S) groups is 1. The SMILES string of the molecule is CC(CC(N)=S)N(C)CCOC(C)(C)C. The summed E-state index contributed by atoms with van der Waals surface area (Å²) < 4.78 is 5.65. The molecule has 0 rings (SSSR count). The van der Waals surface area contributed by atoms with Crippen molar-refractivity contribution in [2.45, 2.75) is 45.8 Å². The summed E-state index contributed by atoms with van der Waals surface area (Å²) in [6.07, 6.45) is 0.765. The summed E-state index contributed by atoms with van der Waals surface area (Å²) in [6, 6.07) is 0.381. The van der Waals surface area contributed by atoms with Crippen LogP contribution in [0.5, 0.6) is 0 Å². The van der Waals surface area contributed by atoms with Crippen molar-refractivity contribution in [3.05, 3.63) is 0 Å². The fourth-order valence-corrected chi connectivity index (χ4v) is 1.40. The largest absolute Gasteiger partial charge is 0.393 e. The van der Waals surface area contributed by atoms with Crippen molar-refractivity contribution in [3.63, 3.8) is 0 Å². The van der Waals surface area contributed by atoms with Gasteiger partial charge in [-0.1, -0.05) is 12.2 Å². The number of likely N-dealkylation sites (N-methyl/N-ethyl adjacent to an activating group) is 1. The quantitative estimate of drug-likeness (QED) is 0.709. The number of nitrogens with zero attached hydrogens (tertiary/aromatic N) is 1. The van der Waals surface area contributed by atoms with E-state index in [1.807, 2.05) is 0 Å². The number of rotatable bonds is 6. The van der Waals surface area contributed by atoms with Crippen molar-refractivity contribution in [1.82, 2.24) is 4.90 Å². The van der Waals surface area contributed by atoms with Gasteiger partial charge in [-0.25, -0.2) is 0 Å². The predicted octanol–water partition coefficient (Wildman–Crippen LogP) is 1.80. The average Bonchev–Trinajstić information content (AvgIpc) is 2.00. The predicted molar refractivity (Wildman–Crippen MR) is 69.2 cm³/mol. The van der Waals surface area contributed by atoms with E-state index >= 15 is 0 Å². The Morgan fingerprint density at radius 2 is 2.00 bits per heavy atom. The van der Waals surface area contributed by atoms with Crippen LogP contribution in [0.1, 0.15) is 34.1 Å². The second kappa shape index (κ2) is 6.40. The maximum Gasteiger partial charge on any atom is 0.0742 e. The van der Waals surface area contributed by atoms with Crippen molar-refractivity contribution in [1.29, 1.82) is 0 Å². The molecule has 0 heterocycles. The van der Waals surface area contributed by atoms with Gasteiger partial charge in [0.25, 0.3) is 0 Å². The lowest BCUT2D eigenvalue weighted by atomic mass is 10.2. The number of nitrogens with two attached hydrogens (primary N) is 1. The van der Waals surface area contributed by atoms with Gasteiger partial charge in [-0.05, 0) is 34.7 Å². The van der Waals surface area contributed by atoms with Crippen molar-refractivity contribution in [3.8, 4) is 0 Å². The minimum absolute atomic E-state index is 0.0623. The first-order chi connectivity index (χ1) is 6.72. The lowest BCUT2D eigenvalue weighted by molar-refractivity contribution is -0.0135. The van der Waals surface area contributed by atoms with Gasteiger partial charge in [-0.15, -0.1) is 0 Å². The summed E-state index contributed by atoms with van der Waals surface area (Å²) in [5.41, 5.74) is 5.44. The molecule has 15 heavy (non-hydrogen) atoms. The van der Waals surface area contributed by atoms with Crippen LogP contribution in [0.25, 0.3) is 0 Å². The highest BCUT2D eigenvalue weighted by molar-refractivity contribution is 7.80. The average molecular weight is 232 g/mol. The van der Waals surface area contributed by atoms with Crippen LogP contribution in [0.2, 0.25) is 0 Å². The van der Waals surface area contributed by atoms with Crippen LogP contribution in [-0.2, 0) is 4.74 Å². The molecular formula is C11H24N2OS. The molecule has 0 aromatic rings. The molecular weight excluding hydrogens is 208 g/mol. The summed E-state index contributed by atoms with van der Waals surface area (Å²) in [7, 11) is 2.06. The van der Waals surface area contributed by atoms with Crippen LogP contribution in [0, 0.1) is 0 Å². The Balaban J connectivity index is 3.73. The molecule has 1 unspecified atom stereocenters. The Morgan fingerprint density at radius 3 is 2.40 bits per heavy atom. The fourth-order valence-electron chi connectivity index (χ4n) is 1.16. The maximum atomic E-state index is 5.65. The number of hydrogen-bond donors (Lipinski definition) is 1. The van der Waals surface area contributed by atoms with E-state index in [2.05, 4.69) is 39.6 Å². The zero-order chi connectivity index (χ0) is 12.1. The van der Waals surface area contributed by atoms with Crippen LogP contribution in [0.3, 0.4) is 0 Å². The molecule has 0 aromatic carbocycles. The molecule has 3 nitrogen and oxygen atoms in total. The van der Waals surface area contributed by atoms with Crippen LogP contribution in [-0.4, -0.2) is 41.7 Å². The molecule has 0 aromatic heterocycles. The van der Waals surface area contributed by atoms with Crippen LogP contribution >= 0.6 is 12.2 Å². The van der Waals surface area contributed by atoms with Crippen LogP contribution in [0.15, 0.2) is 0 Å². The summed E-state index contributed by atoms with van der Waals surface area (Å²) in [5, 5.41) is 0. The summed E-state index contributed by atoms with van der Waals surface area (Å²) in [6.45, 7) is 9.95. The Kier molecular flexibility index (Phi) is 6.32. The zero-order valence-electron chi connectivity index (χ0n) is 10.5. The van der Waals surface area contributed by atoms with Gasteiger partial charge in [0.1, 0.15) is 0 Å². The van der Waals surface area contributed by atoms with Crippen molar-refractivity contribution in [2.24, 2.45) is 5.73 Å². The Hall–Kier alpha value is -0.190. The van der Waals surface area contributed by atoms with Crippen LogP contribution < -0.4 is 5.73 Å². The van der Waals surface area contributed by atoms with Gasteiger partial charge in [0.15, 0.2) is 0 Å². The summed E-state index contributed by atoms with van der Waals surface area (Å²) >= 11 is 4.88. The normalized spacial score (nSPS) is 14.3. The zero-order valence-corrected chi connectivity index (χ0v) is 11.4. The second-order valence-corrected chi connectivity index (χ2v) is 5.49. The third kappa shape index (κ3) is 8.78. The molecule has 1 atom stereocenters. The number of ether oxygens (including phenoxy) is 1. The topological polar surface area (TPSA) is 38.5 Å². The van der Waals surface area contributed by atoms with E-state index in [1.54, 1.807) is 0 Å². The van der Waals surface area contributed by atoms with E-state index in [1.165, 1.54) is 0 Å². The third-order valence-electron chi connectivity index (χ3n) is 2.23. The molecule has 0 aliphatic carbocycles. The van der Waals surface area contributed by atoms with E-state index in [9.17, 15) is 0 Å². The van der Waals surface area contributed by atoms with E-state index in [0.717, 1.165) is 19.6 Å². The molecule has 2 N–H and O–H groups in total. The van der Waals surface area contributed by atoms with Crippen LogP contribution in [0.4, 0.5) is 0 Å². The van der Waals surface area contributed by atoms with Gasteiger partial charge >= 0.3 is 0 Å². The van der Waals surface area contributed by atoms with E-state index in [0.29, 0.717) is 11.0 Å². The minimum Gasteiger partial charge on any atom is -0.393 e. The first kappa shape index (κ1) is 14.8.